The van der Waals surface area contributed by atoms with E-state index in [2.05, 4.69) is 5.32 Å². The third-order valence-corrected chi connectivity index (χ3v) is 4.37. The van der Waals surface area contributed by atoms with Gasteiger partial charge in [0.25, 0.3) is 11.8 Å². The summed E-state index contributed by atoms with van der Waals surface area (Å²) in [6.45, 7) is -0.101. The number of benzene rings is 2. The number of nitrogens with zero attached hydrogens (tertiary/aromatic N) is 1. The Bertz CT molecular complexity index is 985. The number of hydrogen-bond acceptors (Lipinski definition) is 4. The predicted molar refractivity (Wildman–Crippen MR) is 99.4 cm³/mol. The fourth-order valence-electron chi connectivity index (χ4n) is 2.91. The van der Waals surface area contributed by atoms with Crippen molar-refractivity contribution in [2.45, 2.75) is 19.1 Å². The summed E-state index contributed by atoms with van der Waals surface area (Å²) in [5, 5.41) is 4.29. The molecule has 2 aromatic carbocycles. The van der Waals surface area contributed by atoms with Crippen LogP contribution < -0.4 is 10.6 Å². The van der Waals surface area contributed by atoms with Gasteiger partial charge in [0.05, 0.1) is 11.1 Å². The normalized spacial score (nSPS) is 13.2. The van der Waals surface area contributed by atoms with Gasteiger partial charge in [-0.2, -0.15) is 13.2 Å². The maximum absolute atomic E-state index is 12.3. The summed E-state index contributed by atoms with van der Waals surface area (Å²) >= 11 is 0. The molecule has 4 amide bonds. The minimum absolute atomic E-state index is 0.00329. The molecule has 0 radical (unpaired) electrons. The first-order valence-corrected chi connectivity index (χ1v) is 8.86. The third-order valence-electron chi connectivity index (χ3n) is 4.37. The number of carbonyl (C=O) groups excluding carboxylic acids is 4. The van der Waals surface area contributed by atoms with Crippen molar-refractivity contribution in [2.75, 3.05) is 11.9 Å². The Morgan fingerprint density at radius 1 is 0.933 bits per heavy atom. The van der Waals surface area contributed by atoms with E-state index in [-0.39, 0.29) is 25.2 Å². The fraction of sp³-hybridized carbons (Fsp3) is 0.200. The first-order chi connectivity index (χ1) is 14.2. The number of halogens is 3. The van der Waals surface area contributed by atoms with Crippen LogP contribution in [0.5, 0.6) is 0 Å². The fourth-order valence-corrected chi connectivity index (χ4v) is 2.91. The van der Waals surface area contributed by atoms with Crippen molar-refractivity contribution in [1.82, 2.24) is 10.2 Å². The van der Waals surface area contributed by atoms with E-state index in [1.807, 2.05) is 0 Å². The highest BCUT2D eigenvalue weighted by atomic mass is 19.4. The largest absolute Gasteiger partial charge is 0.471 e. The zero-order chi connectivity index (χ0) is 21.9. The highest BCUT2D eigenvalue weighted by Crippen LogP contribution is 2.22. The third kappa shape index (κ3) is 4.65. The molecule has 0 saturated heterocycles. The van der Waals surface area contributed by atoms with E-state index in [9.17, 15) is 32.3 Å². The standard InChI is InChI=1S/C20H16F3N3O4/c21-20(22,23)19(30)25-13-5-3-4-12(10-13)11-24-16(27)8-9-26-17(28)14-6-1-2-7-15(14)18(26)29/h1-7,10H,8-9,11H2,(H,24,27)(H,25,30). The molecule has 7 nitrogen and oxygen atoms in total. The zero-order valence-electron chi connectivity index (χ0n) is 15.5. The molecule has 2 aromatic rings. The second-order valence-electron chi connectivity index (χ2n) is 6.49. The number of carbonyl (C=O) groups is 4. The number of amides is 4. The minimum Gasteiger partial charge on any atom is -0.352 e. The Morgan fingerprint density at radius 2 is 1.57 bits per heavy atom. The molecule has 0 unspecified atom stereocenters. The Balaban J connectivity index is 1.51. The number of imide groups is 1. The monoisotopic (exact) mass is 419 g/mol. The second-order valence-corrected chi connectivity index (χ2v) is 6.49. The maximum atomic E-state index is 12.3. The molecule has 0 spiro atoms. The van der Waals surface area contributed by atoms with Crippen LogP contribution >= 0.6 is 0 Å². The molecule has 0 atom stereocenters. The second kappa shape index (κ2) is 8.36. The Hall–Kier alpha value is -3.69. The van der Waals surface area contributed by atoms with Crippen molar-refractivity contribution in [3.63, 3.8) is 0 Å². The van der Waals surface area contributed by atoms with Crippen molar-refractivity contribution in [3.05, 3.63) is 65.2 Å². The van der Waals surface area contributed by atoms with Gasteiger partial charge in [-0.25, -0.2) is 0 Å². The molecule has 0 saturated carbocycles. The lowest BCUT2D eigenvalue weighted by atomic mass is 10.1. The van der Waals surface area contributed by atoms with Crippen molar-refractivity contribution in [2.24, 2.45) is 0 Å². The van der Waals surface area contributed by atoms with E-state index in [0.717, 1.165) is 4.90 Å². The first-order valence-electron chi connectivity index (χ1n) is 8.86. The van der Waals surface area contributed by atoms with Crippen LogP contribution in [0.1, 0.15) is 32.7 Å². The Kier molecular flexibility index (Phi) is 5.86. The van der Waals surface area contributed by atoms with Crippen LogP contribution in [-0.4, -0.2) is 41.2 Å². The van der Waals surface area contributed by atoms with Crippen molar-refractivity contribution in [1.29, 1.82) is 0 Å². The molecule has 30 heavy (non-hydrogen) atoms. The minimum atomic E-state index is -5.01. The van der Waals surface area contributed by atoms with E-state index in [0.29, 0.717) is 16.7 Å². The van der Waals surface area contributed by atoms with Crippen LogP contribution in [0.4, 0.5) is 18.9 Å². The van der Waals surface area contributed by atoms with Gasteiger partial charge in [-0.3, -0.25) is 24.1 Å². The molecule has 0 aromatic heterocycles. The molecule has 1 heterocycles. The van der Waals surface area contributed by atoms with Gasteiger partial charge in [-0.15, -0.1) is 0 Å². The molecular formula is C20H16F3N3O4. The smallest absolute Gasteiger partial charge is 0.352 e. The number of anilines is 1. The molecular weight excluding hydrogens is 403 g/mol. The molecule has 1 aliphatic rings. The van der Waals surface area contributed by atoms with Crippen LogP contribution in [-0.2, 0) is 16.1 Å². The summed E-state index contributed by atoms with van der Waals surface area (Å²) < 4.78 is 37.0. The molecule has 156 valence electrons. The highest BCUT2D eigenvalue weighted by molar-refractivity contribution is 6.21. The van der Waals surface area contributed by atoms with E-state index in [4.69, 9.17) is 0 Å². The Labute approximate surface area is 168 Å². The number of rotatable bonds is 6. The predicted octanol–water partition coefficient (Wildman–Crippen LogP) is 2.49. The zero-order valence-corrected chi connectivity index (χ0v) is 15.5. The van der Waals surface area contributed by atoms with Gasteiger partial charge in [0.2, 0.25) is 5.91 Å². The van der Waals surface area contributed by atoms with Crippen LogP contribution in [0.15, 0.2) is 48.5 Å². The summed E-state index contributed by atoms with van der Waals surface area (Å²) in [6, 6.07) is 12.0. The molecule has 0 aliphatic carbocycles. The van der Waals surface area contributed by atoms with Gasteiger partial charge in [0.15, 0.2) is 0 Å². The molecule has 3 rings (SSSR count). The van der Waals surface area contributed by atoms with Crippen LogP contribution in [0.3, 0.4) is 0 Å². The molecule has 2 N–H and O–H groups in total. The first kappa shape index (κ1) is 21.0. The summed E-state index contributed by atoms with van der Waals surface area (Å²) in [5.74, 6) is -3.46. The summed E-state index contributed by atoms with van der Waals surface area (Å²) in [4.78, 5) is 48.6. The van der Waals surface area contributed by atoms with Gasteiger partial charge in [0.1, 0.15) is 0 Å². The van der Waals surface area contributed by atoms with Crippen molar-refractivity contribution < 1.29 is 32.3 Å². The van der Waals surface area contributed by atoms with Gasteiger partial charge in [0, 0.05) is 25.2 Å². The summed E-state index contributed by atoms with van der Waals surface area (Å²) in [6.07, 6.45) is -5.13. The van der Waals surface area contributed by atoms with Gasteiger partial charge in [-0.1, -0.05) is 24.3 Å². The summed E-state index contributed by atoms with van der Waals surface area (Å²) in [5.41, 5.74) is 0.986. The number of fused-ring (bicyclic) bond motifs is 1. The average molecular weight is 419 g/mol. The quantitative estimate of drug-likeness (QED) is 0.704. The average Bonchev–Trinajstić information content (AvgIpc) is 2.95. The molecule has 0 bridgehead atoms. The van der Waals surface area contributed by atoms with Crippen LogP contribution in [0, 0.1) is 0 Å². The Morgan fingerprint density at radius 3 is 2.17 bits per heavy atom. The molecule has 1 aliphatic heterocycles. The lowest BCUT2D eigenvalue weighted by molar-refractivity contribution is -0.167. The number of alkyl halides is 3. The SMILES string of the molecule is O=C(CCN1C(=O)c2ccccc2C1=O)NCc1cccc(NC(=O)C(F)(F)F)c1. The van der Waals surface area contributed by atoms with Crippen LogP contribution in [0.2, 0.25) is 0 Å². The summed E-state index contributed by atoms with van der Waals surface area (Å²) in [7, 11) is 0. The van der Waals surface area contributed by atoms with Crippen molar-refractivity contribution >= 4 is 29.3 Å². The number of hydrogen-bond donors (Lipinski definition) is 2. The lowest BCUT2D eigenvalue weighted by Crippen LogP contribution is -2.34. The van der Waals surface area contributed by atoms with Gasteiger partial charge in [-0.05, 0) is 29.8 Å². The van der Waals surface area contributed by atoms with E-state index < -0.39 is 29.8 Å². The van der Waals surface area contributed by atoms with Crippen LogP contribution in [0.25, 0.3) is 0 Å². The van der Waals surface area contributed by atoms with E-state index in [1.54, 1.807) is 35.6 Å². The van der Waals surface area contributed by atoms with Gasteiger partial charge < -0.3 is 10.6 Å². The maximum Gasteiger partial charge on any atom is 0.471 e. The van der Waals surface area contributed by atoms with E-state index in [1.165, 1.54) is 18.2 Å². The topological polar surface area (TPSA) is 95.6 Å². The highest BCUT2D eigenvalue weighted by Gasteiger charge is 2.38. The van der Waals surface area contributed by atoms with Gasteiger partial charge >= 0.3 is 12.1 Å². The molecule has 10 heteroatoms. The van der Waals surface area contributed by atoms with E-state index >= 15 is 0 Å². The lowest BCUT2D eigenvalue weighted by Gasteiger charge is -2.14. The molecule has 0 fully saturated rings. The van der Waals surface area contributed by atoms with Crippen molar-refractivity contribution in [3.8, 4) is 0 Å². The number of nitrogens with one attached hydrogen (secondary N) is 2.